The average molecular weight is 194 g/mol. The maximum Gasteiger partial charge on any atom is -0.0348 e. The number of hydrogen-bond acceptors (Lipinski definition) is 0. The molecule has 0 aliphatic rings. The maximum atomic E-state index is 3.71. The van der Waals surface area contributed by atoms with Crippen molar-refractivity contribution < 1.29 is 0 Å². The zero-order chi connectivity index (χ0) is 10.5. The minimum absolute atomic E-state index is 1.15. The predicted molar refractivity (Wildman–Crippen MR) is 66.6 cm³/mol. The summed E-state index contributed by atoms with van der Waals surface area (Å²) in [6.07, 6.45) is 18.5. The second kappa shape index (κ2) is 12.5. The van der Waals surface area contributed by atoms with E-state index < -0.39 is 0 Å². The first-order valence-corrected chi connectivity index (χ1v) is 6.17. The smallest absolute Gasteiger partial charge is 0.0348 e. The lowest BCUT2D eigenvalue weighted by atomic mass is 10.1. The second-order valence-electron chi connectivity index (χ2n) is 3.89. The zero-order valence-corrected chi connectivity index (χ0v) is 9.80. The van der Waals surface area contributed by atoms with Crippen LogP contribution in [0.15, 0.2) is 24.8 Å². The summed E-state index contributed by atoms with van der Waals surface area (Å²) in [6, 6.07) is 0. The highest BCUT2D eigenvalue weighted by molar-refractivity contribution is 4.82. The molecule has 0 aliphatic heterocycles. The summed E-state index contributed by atoms with van der Waals surface area (Å²) in [6.45, 7) is 5.98. The van der Waals surface area contributed by atoms with E-state index in [1.54, 1.807) is 0 Å². The molecule has 14 heavy (non-hydrogen) atoms. The molecule has 0 heterocycles. The van der Waals surface area contributed by atoms with Crippen LogP contribution in [0.25, 0.3) is 0 Å². The molecule has 0 N–H and O–H groups in total. The first-order valence-electron chi connectivity index (χ1n) is 6.17. The van der Waals surface area contributed by atoms with Crippen molar-refractivity contribution in [1.82, 2.24) is 0 Å². The van der Waals surface area contributed by atoms with Crippen LogP contribution in [0.1, 0.15) is 64.7 Å². The summed E-state index contributed by atoms with van der Waals surface area (Å²) in [5.74, 6) is 0. The highest BCUT2D eigenvalue weighted by Crippen LogP contribution is 2.06. The Morgan fingerprint density at radius 3 is 2.07 bits per heavy atom. The van der Waals surface area contributed by atoms with Gasteiger partial charge in [0.15, 0.2) is 0 Å². The normalized spacial score (nSPS) is 10.9. The molecule has 0 aromatic heterocycles. The van der Waals surface area contributed by atoms with Gasteiger partial charge < -0.3 is 0 Å². The van der Waals surface area contributed by atoms with Gasteiger partial charge in [0, 0.05) is 0 Å². The highest BCUT2D eigenvalue weighted by Gasteiger charge is 1.86. The fraction of sp³-hybridized carbons (Fsp3) is 0.714. The monoisotopic (exact) mass is 194 g/mol. The van der Waals surface area contributed by atoms with Crippen molar-refractivity contribution in [3.8, 4) is 0 Å². The zero-order valence-electron chi connectivity index (χ0n) is 9.80. The van der Waals surface area contributed by atoms with Gasteiger partial charge in [-0.2, -0.15) is 0 Å². The lowest BCUT2D eigenvalue weighted by Gasteiger charge is -1.96. The molecular weight excluding hydrogens is 168 g/mol. The lowest BCUT2D eigenvalue weighted by molar-refractivity contribution is 0.637. The van der Waals surface area contributed by atoms with Crippen LogP contribution >= 0.6 is 0 Å². The Morgan fingerprint density at radius 2 is 1.43 bits per heavy atom. The third-order valence-electron chi connectivity index (χ3n) is 2.42. The Labute approximate surface area is 90.1 Å². The number of hydrogen-bond donors (Lipinski definition) is 0. The van der Waals surface area contributed by atoms with Crippen LogP contribution in [0.2, 0.25) is 0 Å². The summed E-state index contributed by atoms with van der Waals surface area (Å²) in [4.78, 5) is 0. The minimum Gasteiger partial charge on any atom is -0.103 e. The van der Waals surface area contributed by atoms with E-state index in [0.29, 0.717) is 0 Å². The van der Waals surface area contributed by atoms with E-state index in [-0.39, 0.29) is 0 Å². The van der Waals surface area contributed by atoms with Crippen molar-refractivity contribution in [2.45, 2.75) is 64.7 Å². The summed E-state index contributed by atoms with van der Waals surface area (Å²) in [5.41, 5.74) is 0. The minimum atomic E-state index is 1.15. The molecule has 0 fully saturated rings. The van der Waals surface area contributed by atoms with E-state index in [2.05, 4.69) is 25.7 Å². The van der Waals surface area contributed by atoms with E-state index in [9.17, 15) is 0 Å². The van der Waals surface area contributed by atoms with Gasteiger partial charge in [-0.05, 0) is 32.1 Å². The number of allylic oxidation sites excluding steroid dienone is 3. The molecule has 0 spiro atoms. The van der Waals surface area contributed by atoms with E-state index in [4.69, 9.17) is 0 Å². The van der Waals surface area contributed by atoms with Crippen LogP contribution in [0, 0.1) is 0 Å². The third kappa shape index (κ3) is 11.5. The van der Waals surface area contributed by atoms with Crippen LogP contribution in [-0.4, -0.2) is 0 Å². The van der Waals surface area contributed by atoms with Gasteiger partial charge in [-0.25, -0.2) is 0 Å². The molecule has 0 saturated carbocycles. The molecule has 0 nitrogen and oxygen atoms in total. The summed E-state index contributed by atoms with van der Waals surface area (Å²) in [7, 11) is 0. The Morgan fingerprint density at radius 1 is 0.786 bits per heavy atom. The Kier molecular flexibility index (Phi) is 12.0. The fourth-order valence-electron chi connectivity index (χ4n) is 1.48. The molecule has 0 aromatic rings. The van der Waals surface area contributed by atoms with Crippen LogP contribution in [0.5, 0.6) is 0 Å². The Hall–Kier alpha value is -0.520. The second-order valence-corrected chi connectivity index (χ2v) is 3.89. The van der Waals surface area contributed by atoms with Gasteiger partial charge >= 0.3 is 0 Å². The molecule has 0 unspecified atom stereocenters. The lowest BCUT2D eigenvalue weighted by Crippen LogP contribution is -1.76. The van der Waals surface area contributed by atoms with Gasteiger partial charge in [0.25, 0.3) is 0 Å². The largest absolute Gasteiger partial charge is 0.103 e. The van der Waals surface area contributed by atoms with Gasteiger partial charge in [0.05, 0.1) is 0 Å². The molecule has 0 saturated heterocycles. The SMILES string of the molecule is C=CCCCC=CCCCCCCC. The molecular formula is C14H26. The average Bonchev–Trinajstić information content (AvgIpc) is 2.21. The molecule has 0 bridgehead atoms. The quantitative estimate of drug-likeness (QED) is 0.329. The van der Waals surface area contributed by atoms with Crippen LogP contribution in [0.4, 0.5) is 0 Å². The van der Waals surface area contributed by atoms with E-state index in [1.807, 2.05) is 6.08 Å². The molecule has 82 valence electrons. The van der Waals surface area contributed by atoms with Gasteiger partial charge in [-0.3, -0.25) is 0 Å². The molecule has 0 rings (SSSR count). The number of rotatable bonds is 10. The van der Waals surface area contributed by atoms with Crippen molar-refractivity contribution in [3.05, 3.63) is 24.8 Å². The van der Waals surface area contributed by atoms with Crippen LogP contribution < -0.4 is 0 Å². The van der Waals surface area contributed by atoms with E-state index in [0.717, 1.165) is 6.42 Å². The summed E-state index contributed by atoms with van der Waals surface area (Å²) >= 11 is 0. The molecule has 0 amide bonds. The maximum absolute atomic E-state index is 3.71. The third-order valence-corrected chi connectivity index (χ3v) is 2.42. The van der Waals surface area contributed by atoms with E-state index in [1.165, 1.54) is 51.4 Å². The molecule has 0 aromatic carbocycles. The van der Waals surface area contributed by atoms with Crippen molar-refractivity contribution >= 4 is 0 Å². The molecule has 0 heteroatoms. The van der Waals surface area contributed by atoms with Crippen molar-refractivity contribution in [2.24, 2.45) is 0 Å². The van der Waals surface area contributed by atoms with Gasteiger partial charge in [0.1, 0.15) is 0 Å². The standard InChI is InChI=1S/C14H26/c1-3-5-7-9-11-13-14-12-10-8-6-4-2/h3,11,13H,1,4-10,12,14H2,2H3. The van der Waals surface area contributed by atoms with Crippen LogP contribution in [-0.2, 0) is 0 Å². The molecule has 0 radical (unpaired) electrons. The topological polar surface area (TPSA) is 0 Å². The van der Waals surface area contributed by atoms with Gasteiger partial charge in [0.2, 0.25) is 0 Å². The van der Waals surface area contributed by atoms with Crippen molar-refractivity contribution in [1.29, 1.82) is 0 Å². The summed E-state index contributed by atoms with van der Waals surface area (Å²) < 4.78 is 0. The summed E-state index contributed by atoms with van der Waals surface area (Å²) in [5, 5.41) is 0. The molecule has 0 aliphatic carbocycles. The Bertz CT molecular complexity index is 133. The first-order chi connectivity index (χ1) is 6.91. The fourth-order valence-corrected chi connectivity index (χ4v) is 1.48. The van der Waals surface area contributed by atoms with Crippen molar-refractivity contribution in [3.63, 3.8) is 0 Å². The predicted octanol–water partition coefficient (Wildman–Crippen LogP) is 5.26. The van der Waals surface area contributed by atoms with Crippen molar-refractivity contribution in [2.75, 3.05) is 0 Å². The van der Waals surface area contributed by atoms with E-state index >= 15 is 0 Å². The van der Waals surface area contributed by atoms with Gasteiger partial charge in [-0.15, -0.1) is 6.58 Å². The van der Waals surface area contributed by atoms with Gasteiger partial charge in [-0.1, -0.05) is 50.8 Å². The Balaban J connectivity index is 2.99. The first kappa shape index (κ1) is 13.5. The molecule has 0 atom stereocenters. The number of unbranched alkanes of at least 4 members (excludes halogenated alkanes) is 7. The van der Waals surface area contributed by atoms with Crippen LogP contribution in [0.3, 0.4) is 0 Å². The highest BCUT2D eigenvalue weighted by atomic mass is 13.9.